The zero-order chi connectivity index (χ0) is 11.3. The highest BCUT2D eigenvalue weighted by Gasteiger charge is 2.49. The van der Waals surface area contributed by atoms with Gasteiger partial charge < -0.3 is 14.9 Å². The molecule has 2 unspecified atom stereocenters. The summed E-state index contributed by atoms with van der Waals surface area (Å²) in [5.41, 5.74) is -1.41. The van der Waals surface area contributed by atoms with Crippen LogP contribution < -0.4 is 4.74 Å². The van der Waals surface area contributed by atoms with Crippen molar-refractivity contribution in [3.05, 3.63) is 29.8 Å². The Morgan fingerprint density at radius 3 is 2.47 bits per heavy atom. The molecule has 0 spiro atoms. The van der Waals surface area contributed by atoms with Crippen LogP contribution in [0.2, 0.25) is 0 Å². The average Bonchev–Trinajstić information content (AvgIpc) is 2.15. The molecule has 3 heteroatoms. The molecule has 1 aliphatic heterocycles. The Hall–Kier alpha value is -1.06. The first kappa shape index (κ1) is 10.5. The number of fused-ring (bicyclic) bond motifs is 1. The van der Waals surface area contributed by atoms with Crippen LogP contribution in [-0.2, 0) is 5.60 Å². The van der Waals surface area contributed by atoms with Crippen molar-refractivity contribution in [3.63, 3.8) is 0 Å². The van der Waals surface area contributed by atoms with Crippen molar-refractivity contribution in [2.45, 2.75) is 38.1 Å². The Labute approximate surface area is 89.3 Å². The Kier molecular flexibility index (Phi) is 2.07. The van der Waals surface area contributed by atoms with Gasteiger partial charge in [-0.25, -0.2) is 0 Å². The molecule has 1 heterocycles. The van der Waals surface area contributed by atoms with Gasteiger partial charge in [0.15, 0.2) is 0 Å². The summed E-state index contributed by atoms with van der Waals surface area (Å²) in [5.74, 6) is 0.637. The molecule has 0 saturated heterocycles. The molecule has 2 rings (SSSR count). The minimum atomic E-state index is -1.27. The van der Waals surface area contributed by atoms with Crippen molar-refractivity contribution < 1.29 is 14.9 Å². The maximum atomic E-state index is 10.3. The number of aliphatic hydroxyl groups excluding tert-OH is 1. The molecule has 0 radical (unpaired) electrons. The van der Waals surface area contributed by atoms with E-state index in [0.717, 1.165) is 0 Å². The molecule has 0 bridgehead atoms. The summed E-state index contributed by atoms with van der Waals surface area (Å²) in [5, 5.41) is 20.3. The molecule has 2 atom stereocenters. The Morgan fingerprint density at radius 2 is 1.80 bits per heavy atom. The van der Waals surface area contributed by atoms with E-state index in [1.54, 1.807) is 32.9 Å². The Morgan fingerprint density at radius 1 is 1.20 bits per heavy atom. The molecular formula is C12H16O3. The lowest BCUT2D eigenvalue weighted by molar-refractivity contribution is -0.163. The summed E-state index contributed by atoms with van der Waals surface area (Å²) >= 11 is 0. The van der Waals surface area contributed by atoms with E-state index in [1.807, 2.05) is 12.1 Å². The van der Waals surface area contributed by atoms with Crippen LogP contribution in [0.3, 0.4) is 0 Å². The maximum absolute atomic E-state index is 10.3. The molecule has 3 nitrogen and oxygen atoms in total. The SMILES string of the molecule is CC1(C)Oc2ccccc2C(C)(O)C1O. The van der Waals surface area contributed by atoms with Gasteiger partial charge in [-0.1, -0.05) is 18.2 Å². The summed E-state index contributed by atoms with van der Waals surface area (Å²) in [7, 11) is 0. The molecule has 0 aliphatic carbocycles. The highest BCUT2D eigenvalue weighted by Crippen LogP contribution is 2.43. The highest BCUT2D eigenvalue weighted by atomic mass is 16.5. The smallest absolute Gasteiger partial charge is 0.132 e. The standard InChI is InChI=1S/C12H16O3/c1-11(2)10(13)12(3,14)8-6-4-5-7-9(8)15-11/h4-7,10,13-14H,1-3H3. The number of ether oxygens (including phenoxy) is 1. The first-order valence-corrected chi connectivity index (χ1v) is 5.04. The molecule has 82 valence electrons. The van der Waals surface area contributed by atoms with Gasteiger partial charge in [-0.3, -0.25) is 0 Å². The van der Waals surface area contributed by atoms with Crippen molar-refractivity contribution in [2.24, 2.45) is 0 Å². The zero-order valence-electron chi connectivity index (χ0n) is 9.19. The van der Waals surface area contributed by atoms with Gasteiger partial charge >= 0.3 is 0 Å². The molecule has 1 aliphatic rings. The topological polar surface area (TPSA) is 49.7 Å². The number of rotatable bonds is 0. The van der Waals surface area contributed by atoms with Crippen molar-refractivity contribution in [2.75, 3.05) is 0 Å². The summed E-state index contributed by atoms with van der Waals surface area (Å²) in [6.07, 6.45) is -0.945. The minimum Gasteiger partial charge on any atom is -0.485 e. The number of para-hydroxylation sites is 1. The maximum Gasteiger partial charge on any atom is 0.132 e. The Balaban J connectivity index is 2.59. The van der Waals surface area contributed by atoms with Gasteiger partial charge in [0.2, 0.25) is 0 Å². The lowest BCUT2D eigenvalue weighted by atomic mass is 9.79. The van der Waals surface area contributed by atoms with Crippen LogP contribution in [-0.4, -0.2) is 21.9 Å². The Bertz CT molecular complexity index is 382. The van der Waals surface area contributed by atoms with E-state index >= 15 is 0 Å². The molecule has 0 amide bonds. The molecule has 1 aromatic rings. The van der Waals surface area contributed by atoms with E-state index in [-0.39, 0.29) is 0 Å². The molecule has 0 fully saturated rings. The lowest BCUT2D eigenvalue weighted by Crippen LogP contribution is -2.56. The fourth-order valence-corrected chi connectivity index (χ4v) is 2.14. The normalized spacial score (nSPS) is 33.0. The van der Waals surface area contributed by atoms with E-state index in [0.29, 0.717) is 11.3 Å². The number of benzene rings is 1. The third-order valence-electron chi connectivity index (χ3n) is 3.00. The van der Waals surface area contributed by atoms with Crippen LogP contribution in [0, 0.1) is 0 Å². The third-order valence-corrected chi connectivity index (χ3v) is 3.00. The number of hydrogen-bond donors (Lipinski definition) is 2. The average molecular weight is 208 g/mol. The van der Waals surface area contributed by atoms with Crippen LogP contribution in [0.4, 0.5) is 0 Å². The fourth-order valence-electron chi connectivity index (χ4n) is 2.14. The van der Waals surface area contributed by atoms with Gasteiger partial charge in [0.1, 0.15) is 23.1 Å². The number of hydrogen-bond acceptors (Lipinski definition) is 3. The van der Waals surface area contributed by atoms with E-state index in [1.165, 1.54) is 0 Å². The van der Waals surface area contributed by atoms with Gasteiger partial charge in [0.25, 0.3) is 0 Å². The van der Waals surface area contributed by atoms with E-state index < -0.39 is 17.3 Å². The first-order valence-electron chi connectivity index (χ1n) is 5.04. The van der Waals surface area contributed by atoms with Crippen molar-refractivity contribution >= 4 is 0 Å². The van der Waals surface area contributed by atoms with Gasteiger partial charge in [-0.15, -0.1) is 0 Å². The predicted octanol–water partition coefficient (Wildman–Crippen LogP) is 1.43. The zero-order valence-corrected chi connectivity index (χ0v) is 9.19. The second kappa shape index (κ2) is 2.97. The second-order valence-electron chi connectivity index (χ2n) is 4.75. The molecule has 2 N–H and O–H groups in total. The summed E-state index contributed by atoms with van der Waals surface area (Å²) in [4.78, 5) is 0. The van der Waals surface area contributed by atoms with Crippen LogP contribution in [0.5, 0.6) is 5.75 Å². The summed E-state index contributed by atoms with van der Waals surface area (Å²) < 4.78 is 5.66. The fraction of sp³-hybridized carbons (Fsp3) is 0.500. The second-order valence-corrected chi connectivity index (χ2v) is 4.75. The van der Waals surface area contributed by atoms with Gasteiger partial charge in [-0.05, 0) is 26.8 Å². The van der Waals surface area contributed by atoms with Crippen LogP contribution >= 0.6 is 0 Å². The third kappa shape index (κ3) is 1.43. The first-order chi connectivity index (χ1) is 6.86. The molecule has 1 aromatic carbocycles. The highest BCUT2D eigenvalue weighted by molar-refractivity contribution is 5.41. The molecule has 15 heavy (non-hydrogen) atoms. The van der Waals surface area contributed by atoms with Crippen LogP contribution in [0.15, 0.2) is 24.3 Å². The van der Waals surface area contributed by atoms with Crippen molar-refractivity contribution in [1.29, 1.82) is 0 Å². The minimum absolute atomic E-state index is 0.636. The van der Waals surface area contributed by atoms with Gasteiger partial charge in [0, 0.05) is 5.56 Å². The summed E-state index contributed by atoms with van der Waals surface area (Å²) in [6.45, 7) is 5.14. The van der Waals surface area contributed by atoms with E-state index in [9.17, 15) is 10.2 Å². The van der Waals surface area contributed by atoms with Crippen molar-refractivity contribution in [3.8, 4) is 5.75 Å². The van der Waals surface area contributed by atoms with Crippen LogP contribution in [0.1, 0.15) is 26.3 Å². The molecule has 0 saturated carbocycles. The lowest BCUT2D eigenvalue weighted by Gasteiger charge is -2.45. The predicted molar refractivity (Wildman–Crippen MR) is 56.7 cm³/mol. The molecule has 0 aromatic heterocycles. The summed E-state index contributed by atoms with van der Waals surface area (Å²) in [6, 6.07) is 7.25. The van der Waals surface area contributed by atoms with E-state index in [4.69, 9.17) is 4.74 Å². The quantitative estimate of drug-likeness (QED) is 0.678. The van der Waals surface area contributed by atoms with Crippen LogP contribution in [0.25, 0.3) is 0 Å². The number of aliphatic hydroxyl groups is 2. The van der Waals surface area contributed by atoms with Gasteiger partial charge in [-0.2, -0.15) is 0 Å². The largest absolute Gasteiger partial charge is 0.485 e. The monoisotopic (exact) mass is 208 g/mol. The van der Waals surface area contributed by atoms with Crippen molar-refractivity contribution in [1.82, 2.24) is 0 Å². The van der Waals surface area contributed by atoms with E-state index in [2.05, 4.69) is 0 Å². The van der Waals surface area contributed by atoms with Gasteiger partial charge in [0.05, 0.1) is 0 Å². The molecular weight excluding hydrogens is 192 g/mol.